The number of hydrogen-bond donors (Lipinski definition) is 1. The van der Waals surface area contributed by atoms with Crippen molar-refractivity contribution in [1.82, 2.24) is 25.0 Å². The second kappa shape index (κ2) is 8.01. The van der Waals surface area contributed by atoms with E-state index >= 15 is 0 Å². The van der Waals surface area contributed by atoms with Crippen LogP contribution in [0.25, 0.3) is 0 Å². The van der Waals surface area contributed by atoms with E-state index in [2.05, 4.69) is 15.5 Å². The van der Waals surface area contributed by atoms with E-state index in [0.717, 1.165) is 10.6 Å². The molecule has 158 valence electrons. The number of nitrogens with one attached hydrogen (secondary N) is 1. The van der Waals surface area contributed by atoms with Gasteiger partial charge in [-0.3, -0.25) is 4.79 Å². The van der Waals surface area contributed by atoms with Crippen molar-refractivity contribution in [2.24, 2.45) is 0 Å². The van der Waals surface area contributed by atoms with Crippen molar-refractivity contribution in [1.29, 1.82) is 0 Å². The van der Waals surface area contributed by atoms with Gasteiger partial charge in [-0.05, 0) is 25.1 Å². The topological polar surface area (TPSA) is 63.1 Å². The first kappa shape index (κ1) is 21.1. The molecule has 0 aliphatic carbocycles. The first-order chi connectivity index (χ1) is 13.6. The van der Waals surface area contributed by atoms with E-state index in [4.69, 9.17) is 0 Å². The van der Waals surface area contributed by atoms with Crippen molar-refractivity contribution in [3.05, 3.63) is 46.8 Å². The molecule has 1 N–H and O–H groups in total. The fourth-order valence-electron chi connectivity index (χ4n) is 3.22. The maximum atomic E-state index is 13.9. The van der Waals surface area contributed by atoms with Gasteiger partial charge in [0.05, 0.1) is 6.54 Å². The smallest absolute Gasteiger partial charge is 0.333 e. The summed E-state index contributed by atoms with van der Waals surface area (Å²) in [4.78, 5) is 13.9. The fraction of sp³-hybridized carbons (Fsp3) is 0.471. The molecule has 0 saturated carbocycles. The Bertz CT molecular complexity index is 912. The van der Waals surface area contributed by atoms with Gasteiger partial charge >= 0.3 is 6.18 Å². The van der Waals surface area contributed by atoms with Gasteiger partial charge in [-0.25, -0.2) is 13.2 Å². The quantitative estimate of drug-likeness (QED) is 0.595. The van der Waals surface area contributed by atoms with E-state index in [1.165, 1.54) is 11.9 Å². The Morgan fingerprint density at radius 3 is 2.59 bits per heavy atom. The number of rotatable bonds is 5. The summed E-state index contributed by atoms with van der Waals surface area (Å²) in [5.41, 5.74) is -0.220. The molecule has 1 aromatic carbocycles. The molecule has 0 unspecified atom stereocenters. The van der Waals surface area contributed by atoms with Gasteiger partial charge in [-0.15, -0.1) is 10.2 Å². The molecular formula is C17H17F6N5O. The summed E-state index contributed by atoms with van der Waals surface area (Å²) in [6.45, 7) is -0.246. The summed E-state index contributed by atoms with van der Waals surface area (Å²) < 4.78 is 80.1. The van der Waals surface area contributed by atoms with Crippen molar-refractivity contribution in [2.45, 2.75) is 38.1 Å². The van der Waals surface area contributed by atoms with Gasteiger partial charge in [0.25, 0.3) is 0 Å². The second-order valence-corrected chi connectivity index (χ2v) is 6.66. The van der Waals surface area contributed by atoms with Crippen molar-refractivity contribution < 1.29 is 31.1 Å². The monoisotopic (exact) mass is 421 g/mol. The Morgan fingerprint density at radius 1 is 1.21 bits per heavy atom. The second-order valence-electron chi connectivity index (χ2n) is 6.66. The summed E-state index contributed by atoms with van der Waals surface area (Å²) in [5, 5.41) is 9.44. The fourth-order valence-corrected chi connectivity index (χ4v) is 3.22. The standard InChI is InChI=1S/C17H17F6N5O/c1-24-11(5-9-4-10(18)6-12(19)15(9)20)7-14(29)27-2-3-28-13(8-27)25-26-16(28)17(21,22)23/h4,6,11,24H,2-3,5,7-8H2,1H3/t11-/m1/s1. The Hall–Kier alpha value is -2.63. The van der Waals surface area contributed by atoms with Crippen molar-refractivity contribution >= 4 is 5.91 Å². The lowest BCUT2D eigenvalue weighted by Gasteiger charge is -2.29. The first-order valence-corrected chi connectivity index (χ1v) is 8.68. The summed E-state index contributed by atoms with van der Waals surface area (Å²) >= 11 is 0. The van der Waals surface area contributed by atoms with Crippen LogP contribution in [-0.2, 0) is 30.5 Å². The van der Waals surface area contributed by atoms with E-state index < -0.39 is 41.4 Å². The highest BCUT2D eigenvalue weighted by Crippen LogP contribution is 2.29. The zero-order valence-electron chi connectivity index (χ0n) is 15.2. The molecule has 1 aliphatic rings. The number of fused-ring (bicyclic) bond motifs is 1. The van der Waals surface area contributed by atoms with Crippen LogP contribution in [-0.4, -0.2) is 45.2 Å². The van der Waals surface area contributed by atoms with Crippen molar-refractivity contribution in [2.75, 3.05) is 13.6 Å². The number of alkyl halides is 3. The molecule has 1 atom stereocenters. The van der Waals surface area contributed by atoms with Crippen LogP contribution in [0, 0.1) is 17.5 Å². The Labute approximate surface area is 161 Å². The third-order valence-electron chi connectivity index (χ3n) is 4.72. The molecule has 12 heteroatoms. The highest BCUT2D eigenvalue weighted by Gasteiger charge is 2.40. The van der Waals surface area contributed by atoms with Crippen LogP contribution in [0.1, 0.15) is 23.6 Å². The predicted octanol–water partition coefficient (Wildman–Crippen LogP) is 2.28. The highest BCUT2D eigenvalue weighted by atomic mass is 19.4. The number of likely N-dealkylation sites (N-methyl/N-ethyl adjacent to an activating group) is 1. The van der Waals surface area contributed by atoms with Gasteiger partial charge in [0.15, 0.2) is 17.5 Å². The van der Waals surface area contributed by atoms with E-state index in [1.807, 2.05) is 0 Å². The van der Waals surface area contributed by atoms with Gasteiger partial charge in [0, 0.05) is 31.6 Å². The first-order valence-electron chi connectivity index (χ1n) is 8.68. The van der Waals surface area contributed by atoms with Gasteiger partial charge in [-0.1, -0.05) is 0 Å². The van der Waals surface area contributed by atoms with E-state index in [0.29, 0.717) is 6.07 Å². The molecule has 2 aromatic rings. The van der Waals surface area contributed by atoms with Crippen molar-refractivity contribution in [3.63, 3.8) is 0 Å². The maximum Gasteiger partial charge on any atom is 0.451 e. The van der Waals surface area contributed by atoms with Crippen molar-refractivity contribution in [3.8, 4) is 0 Å². The number of carbonyl (C=O) groups is 1. The van der Waals surface area contributed by atoms with Crippen LogP contribution in [0.5, 0.6) is 0 Å². The number of aromatic nitrogens is 3. The summed E-state index contributed by atoms with van der Waals surface area (Å²) in [5.74, 6) is -4.96. The van der Waals surface area contributed by atoms with Gasteiger partial charge in [-0.2, -0.15) is 13.2 Å². The molecular weight excluding hydrogens is 404 g/mol. The molecule has 0 spiro atoms. The van der Waals surface area contributed by atoms with Crippen LogP contribution in [0.2, 0.25) is 0 Å². The largest absolute Gasteiger partial charge is 0.451 e. The molecule has 29 heavy (non-hydrogen) atoms. The Morgan fingerprint density at radius 2 is 1.93 bits per heavy atom. The summed E-state index contributed by atoms with van der Waals surface area (Å²) in [6, 6.07) is 0.649. The zero-order chi connectivity index (χ0) is 21.3. The third-order valence-corrected chi connectivity index (χ3v) is 4.72. The molecule has 1 aromatic heterocycles. The molecule has 0 radical (unpaired) electrons. The molecule has 1 amide bonds. The number of carbonyl (C=O) groups excluding carboxylic acids is 1. The average Bonchev–Trinajstić information content (AvgIpc) is 3.08. The SMILES string of the molecule is CN[C@@H](CC(=O)N1CCn2c(nnc2C(F)(F)F)C1)Cc1cc(F)cc(F)c1F. The number of nitrogens with zero attached hydrogens (tertiary/aromatic N) is 4. The molecule has 0 saturated heterocycles. The molecule has 2 heterocycles. The zero-order valence-corrected chi connectivity index (χ0v) is 15.2. The number of amides is 1. The summed E-state index contributed by atoms with van der Waals surface area (Å²) in [7, 11) is 1.51. The van der Waals surface area contributed by atoms with Gasteiger partial charge in [0.1, 0.15) is 5.82 Å². The van der Waals surface area contributed by atoms with Crippen LogP contribution in [0.15, 0.2) is 12.1 Å². The Kier molecular flexibility index (Phi) is 5.82. The Balaban J connectivity index is 1.67. The lowest BCUT2D eigenvalue weighted by molar-refractivity contribution is -0.148. The van der Waals surface area contributed by atoms with Gasteiger partial charge in [0.2, 0.25) is 11.7 Å². The van der Waals surface area contributed by atoms with Crippen LogP contribution < -0.4 is 5.32 Å². The number of benzene rings is 1. The van der Waals surface area contributed by atoms with E-state index in [1.54, 1.807) is 0 Å². The van der Waals surface area contributed by atoms with Gasteiger partial charge < -0.3 is 14.8 Å². The van der Waals surface area contributed by atoms with E-state index in [-0.39, 0.29) is 43.9 Å². The lowest BCUT2D eigenvalue weighted by atomic mass is 10.0. The van der Waals surface area contributed by atoms with Crippen LogP contribution in [0.4, 0.5) is 26.3 Å². The molecule has 0 bridgehead atoms. The lowest BCUT2D eigenvalue weighted by Crippen LogP contribution is -2.42. The molecule has 0 fully saturated rings. The average molecular weight is 421 g/mol. The molecule has 3 rings (SSSR count). The normalized spacial score (nSPS) is 15.3. The molecule has 6 nitrogen and oxygen atoms in total. The minimum atomic E-state index is -4.64. The number of halogens is 6. The minimum Gasteiger partial charge on any atom is -0.333 e. The number of hydrogen-bond acceptors (Lipinski definition) is 4. The minimum absolute atomic E-state index is 0.0104. The molecule has 1 aliphatic heterocycles. The predicted molar refractivity (Wildman–Crippen MR) is 87.9 cm³/mol. The summed E-state index contributed by atoms with van der Waals surface area (Å²) in [6.07, 6.45) is -4.93. The van der Waals surface area contributed by atoms with Crippen LogP contribution in [0.3, 0.4) is 0 Å². The van der Waals surface area contributed by atoms with Crippen LogP contribution >= 0.6 is 0 Å². The highest BCUT2D eigenvalue weighted by molar-refractivity contribution is 5.77. The third kappa shape index (κ3) is 4.52. The maximum absolute atomic E-state index is 13.9. The van der Waals surface area contributed by atoms with E-state index in [9.17, 15) is 31.1 Å².